The standard InChI is InChI=1S/C23H24N4O5/c1-5-21-25-26-23(32-21)15-7-6-14-8-9-27(17(14)10-15)13-20(28)24-16-11-18(29-2)22(31-4)19(12-16)30-3/h6-12H,5,13H2,1-4H3,(H,24,28). The van der Waals surface area contributed by atoms with E-state index in [4.69, 9.17) is 18.6 Å². The van der Waals surface area contributed by atoms with E-state index in [0.29, 0.717) is 41.1 Å². The molecule has 0 bridgehead atoms. The third kappa shape index (κ3) is 4.09. The van der Waals surface area contributed by atoms with Gasteiger partial charge in [-0.2, -0.15) is 0 Å². The van der Waals surface area contributed by atoms with E-state index in [1.165, 1.54) is 21.3 Å². The maximum Gasteiger partial charge on any atom is 0.247 e. The van der Waals surface area contributed by atoms with E-state index in [1.807, 2.05) is 42.0 Å². The Morgan fingerprint density at radius 3 is 2.41 bits per heavy atom. The number of hydrogen-bond donors (Lipinski definition) is 1. The molecule has 166 valence electrons. The molecule has 0 radical (unpaired) electrons. The van der Waals surface area contributed by atoms with E-state index in [0.717, 1.165) is 16.5 Å². The van der Waals surface area contributed by atoms with Gasteiger partial charge >= 0.3 is 0 Å². The van der Waals surface area contributed by atoms with E-state index in [9.17, 15) is 4.79 Å². The zero-order valence-electron chi connectivity index (χ0n) is 18.3. The minimum atomic E-state index is -0.201. The number of carbonyl (C=O) groups excluding carboxylic acids is 1. The number of rotatable bonds is 8. The summed E-state index contributed by atoms with van der Waals surface area (Å²) in [6.07, 6.45) is 2.54. The zero-order chi connectivity index (χ0) is 22.7. The molecular formula is C23H24N4O5. The highest BCUT2D eigenvalue weighted by molar-refractivity contribution is 5.93. The van der Waals surface area contributed by atoms with E-state index >= 15 is 0 Å². The Morgan fingerprint density at radius 1 is 1.03 bits per heavy atom. The van der Waals surface area contributed by atoms with Gasteiger partial charge in [-0.05, 0) is 23.6 Å². The first-order chi connectivity index (χ1) is 15.6. The lowest BCUT2D eigenvalue weighted by Gasteiger charge is -2.15. The number of aromatic nitrogens is 3. The third-order valence-electron chi connectivity index (χ3n) is 5.05. The molecule has 9 nitrogen and oxygen atoms in total. The monoisotopic (exact) mass is 436 g/mol. The Bertz CT molecular complexity index is 1240. The molecule has 4 aromatic rings. The Morgan fingerprint density at radius 2 is 1.78 bits per heavy atom. The average molecular weight is 436 g/mol. The minimum Gasteiger partial charge on any atom is -0.493 e. The summed E-state index contributed by atoms with van der Waals surface area (Å²) < 4.78 is 23.5. The minimum absolute atomic E-state index is 0.119. The fourth-order valence-corrected chi connectivity index (χ4v) is 3.48. The molecule has 0 aliphatic rings. The highest BCUT2D eigenvalue weighted by Crippen LogP contribution is 2.40. The number of aryl methyl sites for hydroxylation is 1. The number of nitrogens with zero attached hydrogens (tertiary/aromatic N) is 3. The van der Waals surface area contributed by atoms with Crippen LogP contribution in [0, 0.1) is 0 Å². The van der Waals surface area contributed by atoms with E-state index in [1.54, 1.807) is 12.1 Å². The van der Waals surface area contributed by atoms with Crippen molar-refractivity contribution in [2.45, 2.75) is 19.9 Å². The van der Waals surface area contributed by atoms with Crippen LogP contribution in [0.15, 0.2) is 47.0 Å². The second-order valence-corrected chi connectivity index (χ2v) is 7.03. The number of anilines is 1. The number of amides is 1. The van der Waals surface area contributed by atoms with Crippen molar-refractivity contribution < 1.29 is 23.4 Å². The number of carbonyl (C=O) groups is 1. The van der Waals surface area contributed by atoms with Gasteiger partial charge in [0.1, 0.15) is 6.54 Å². The van der Waals surface area contributed by atoms with Gasteiger partial charge < -0.3 is 28.5 Å². The topological polar surface area (TPSA) is 101 Å². The number of benzene rings is 2. The normalized spacial score (nSPS) is 10.9. The Kier molecular flexibility index (Phi) is 5.98. The first-order valence-corrected chi connectivity index (χ1v) is 10.1. The smallest absolute Gasteiger partial charge is 0.247 e. The van der Waals surface area contributed by atoms with Crippen LogP contribution in [0.5, 0.6) is 17.2 Å². The SMILES string of the molecule is CCc1nnc(-c2ccc3ccn(CC(=O)Nc4cc(OC)c(OC)c(OC)c4)c3c2)o1. The van der Waals surface area contributed by atoms with Crippen LogP contribution in [-0.4, -0.2) is 42.0 Å². The summed E-state index contributed by atoms with van der Waals surface area (Å²) in [5, 5.41) is 12.0. The van der Waals surface area contributed by atoms with Gasteiger partial charge in [-0.1, -0.05) is 13.0 Å². The van der Waals surface area contributed by atoms with Crippen molar-refractivity contribution >= 4 is 22.5 Å². The molecule has 0 aliphatic carbocycles. The first kappa shape index (κ1) is 21.2. The zero-order valence-corrected chi connectivity index (χ0v) is 18.3. The number of hydrogen-bond acceptors (Lipinski definition) is 7. The summed E-state index contributed by atoms with van der Waals surface area (Å²) in [5.41, 5.74) is 2.23. The van der Waals surface area contributed by atoms with Gasteiger partial charge in [0.2, 0.25) is 23.4 Å². The second-order valence-electron chi connectivity index (χ2n) is 7.03. The molecule has 2 aromatic carbocycles. The number of methoxy groups -OCH3 is 3. The largest absolute Gasteiger partial charge is 0.493 e. The third-order valence-corrected chi connectivity index (χ3v) is 5.05. The van der Waals surface area contributed by atoms with E-state index in [-0.39, 0.29) is 12.5 Å². The summed E-state index contributed by atoms with van der Waals surface area (Å²) in [7, 11) is 4.58. The van der Waals surface area contributed by atoms with Crippen LogP contribution < -0.4 is 19.5 Å². The summed E-state index contributed by atoms with van der Waals surface area (Å²) in [6.45, 7) is 2.08. The van der Waals surface area contributed by atoms with E-state index < -0.39 is 0 Å². The van der Waals surface area contributed by atoms with Crippen LogP contribution in [0.1, 0.15) is 12.8 Å². The van der Waals surface area contributed by atoms with Crippen molar-refractivity contribution in [2.24, 2.45) is 0 Å². The second kappa shape index (κ2) is 9.01. The van der Waals surface area contributed by atoms with Crippen LogP contribution in [0.25, 0.3) is 22.4 Å². The van der Waals surface area contributed by atoms with Gasteiger partial charge in [-0.15, -0.1) is 10.2 Å². The van der Waals surface area contributed by atoms with Gasteiger partial charge in [-0.25, -0.2) is 0 Å². The van der Waals surface area contributed by atoms with Crippen molar-refractivity contribution in [1.82, 2.24) is 14.8 Å². The molecule has 4 rings (SSSR count). The van der Waals surface area contributed by atoms with Crippen molar-refractivity contribution in [3.8, 4) is 28.7 Å². The predicted molar refractivity (Wildman–Crippen MR) is 119 cm³/mol. The van der Waals surface area contributed by atoms with Crippen molar-refractivity contribution in [2.75, 3.05) is 26.6 Å². The molecule has 0 aliphatic heterocycles. The number of ether oxygens (including phenoxy) is 3. The molecular weight excluding hydrogens is 412 g/mol. The lowest BCUT2D eigenvalue weighted by molar-refractivity contribution is -0.116. The highest BCUT2D eigenvalue weighted by Gasteiger charge is 2.16. The van der Waals surface area contributed by atoms with Crippen molar-refractivity contribution in [3.63, 3.8) is 0 Å². The van der Waals surface area contributed by atoms with Gasteiger partial charge in [0, 0.05) is 41.5 Å². The molecule has 0 atom stereocenters. The van der Waals surface area contributed by atoms with Crippen LogP contribution in [0.3, 0.4) is 0 Å². The summed E-state index contributed by atoms with van der Waals surface area (Å²) in [4.78, 5) is 12.8. The number of nitrogens with one attached hydrogen (secondary N) is 1. The molecule has 1 N–H and O–H groups in total. The Hall–Kier alpha value is -4.01. The predicted octanol–water partition coefficient (Wildman–Crippen LogP) is 3.92. The fraction of sp³-hybridized carbons (Fsp3) is 0.261. The van der Waals surface area contributed by atoms with Crippen LogP contribution >= 0.6 is 0 Å². The van der Waals surface area contributed by atoms with Crippen LogP contribution in [0.4, 0.5) is 5.69 Å². The molecule has 0 unspecified atom stereocenters. The molecule has 0 saturated carbocycles. The summed E-state index contributed by atoms with van der Waals surface area (Å²) >= 11 is 0. The maximum atomic E-state index is 12.8. The fourth-order valence-electron chi connectivity index (χ4n) is 3.48. The van der Waals surface area contributed by atoms with Gasteiger partial charge in [0.25, 0.3) is 0 Å². The van der Waals surface area contributed by atoms with Crippen molar-refractivity contribution in [3.05, 3.63) is 48.5 Å². The van der Waals surface area contributed by atoms with Crippen molar-refractivity contribution in [1.29, 1.82) is 0 Å². The lowest BCUT2D eigenvalue weighted by atomic mass is 10.1. The summed E-state index contributed by atoms with van der Waals surface area (Å²) in [6, 6.07) is 11.2. The Balaban J connectivity index is 1.57. The van der Waals surface area contributed by atoms with Gasteiger partial charge in [0.15, 0.2) is 11.5 Å². The molecule has 2 heterocycles. The van der Waals surface area contributed by atoms with E-state index in [2.05, 4.69) is 15.5 Å². The quantitative estimate of drug-likeness (QED) is 0.447. The molecule has 2 aromatic heterocycles. The highest BCUT2D eigenvalue weighted by atomic mass is 16.5. The first-order valence-electron chi connectivity index (χ1n) is 10.1. The van der Waals surface area contributed by atoms with Gasteiger partial charge in [0.05, 0.1) is 21.3 Å². The van der Waals surface area contributed by atoms with Crippen LogP contribution in [-0.2, 0) is 17.8 Å². The molecule has 9 heteroatoms. The average Bonchev–Trinajstić information content (AvgIpc) is 3.45. The molecule has 0 spiro atoms. The molecule has 32 heavy (non-hydrogen) atoms. The van der Waals surface area contributed by atoms with Crippen LogP contribution in [0.2, 0.25) is 0 Å². The lowest BCUT2D eigenvalue weighted by Crippen LogP contribution is -2.18. The van der Waals surface area contributed by atoms with Gasteiger partial charge in [-0.3, -0.25) is 4.79 Å². The maximum absolute atomic E-state index is 12.8. The molecule has 0 fully saturated rings. The molecule has 0 saturated heterocycles. The number of fused-ring (bicyclic) bond motifs is 1. The molecule has 1 amide bonds. The Labute approximate surface area is 184 Å². The summed E-state index contributed by atoms with van der Waals surface area (Å²) in [5.74, 6) is 2.23.